The molecule has 5 heteroatoms. The standard InChI is InChI=1S/C16H23NO4/c1-12-5-6-13(14(9-12)20-2)21-10-15(18)17-11-16(19)7-3-4-8-16/h5-6,9,19H,3-4,7-8,10-11H2,1-2H3,(H,17,18). The minimum Gasteiger partial charge on any atom is -0.493 e. The Balaban J connectivity index is 1.81. The van der Waals surface area contributed by atoms with E-state index in [1.807, 2.05) is 19.1 Å². The number of carbonyl (C=O) groups is 1. The molecule has 0 atom stereocenters. The molecule has 1 saturated carbocycles. The summed E-state index contributed by atoms with van der Waals surface area (Å²) in [7, 11) is 1.57. The summed E-state index contributed by atoms with van der Waals surface area (Å²) in [6, 6.07) is 5.54. The van der Waals surface area contributed by atoms with Crippen LogP contribution >= 0.6 is 0 Å². The molecule has 2 rings (SSSR count). The molecule has 1 aromatic rings. The third-order valence-corrected chi connectivity index (χ3v) is 3.83. The number of hydrogen-bond acceptors (Lipinski definition) is 4. The second-order valence-corrected chi connectivity index (χ2v) is 5.65. The van der Waals surface area contributed by atoms with Crippen molar-refractivity contribution in [3.05, 3.63) is 23.8 Å². The van der Waals surface area contributed by atoms with Crippen molar-refractivity contribution in [3.8, 4) is 11.5 Å². The lowest BCUT2D eigenvalue weighted by molar-refractivity contribution is -0.124. The van der Waals surface area contributed by atoms with Gasteiger partial charge < -0.3 is 19.9 Å². The average molecular weight is 293 g/mol. The summed E-state index contributed by atoms with van der Waals surface area (Å²) in [5.74, 6) is 0.910. The molecule has 0 radical (unpaired) electrons. The predicted octanol–water partition coefficient (Wildman–Crippen LogP) is 1.80. The van der Waals surface area contributed by atoms with Gasteiger partial charge in [0, 0.05) is 6.54 Å². The van der Waals surface area contributed by atoms with Crippen molar-refractivity contribution in [2.24, 2.45) is 0 Å². The van der Waals surface area contributed by atoms with Gasteiger partial charge in [-0.15, -0.1) is 0 Å². The molecule has 0 aromatic heterocycles. The van der Waals surface area contributed by atoms with Gasteiger partial charge in [0.05, 0.1) is 12.7 Å². The SMILES string of the molecule is COc1cc(C)ccc1OCC(=O)NCC1(O)CCCC1. The number of aryl methyl sites for hydroxylation is 1. The van der Waals surface area contributed by atoms with Crippen molar-refractivity contribution in [2.75, 3.05) is 20.3 Å². The van der Waals surface area contributed by atoms with Gasteiger partial charge in [0.1, 0.15) is 0 Å². The zero-order valence-corrected chi connectivity index (χ0v) is 12.6. The Labute approximate surface area is 125 Å². The van der Waals surface area contributed by atoms with Crippen molar-refractivity contribution in [2.45, 2.75) is 38.2 Å². The zero-order chi connectivity index (χ0) is 15.3. The van der Waals surface area contributed by atoms with Crippen LogP contribution in [0.15, 0.2) is 18.2 Å². The van der Waals surface area contributed by atoms with Crippen molar-refractivity contribution in [3.63, 3.8) is 0 Å². The highest BCUT2D eigenvalue weighted by Gasteiger charge is 2.31. The van der Waals surface area contributed by atoms with Crippen LogP contribution in [-0.2, 0) is 4.79 Å². The van der Waals surface area contributed by atoms with Gasteiger partial charge in [-0.25, -0.2) is 0 Å². The summed E-state index contributed by atoms with van der Waals surface area (Å²) in [4.78, 5) is 11.8. The molecule has 1 aromatic carbocycles. The van der Waals surface area contributed by atoms with Gasteiger partial charge in [-0.2, -0.15) is 0 Å². The summed E-state index contributed by atoms with van der Waals surface area (Å²) in [6.45, 7) is 2.16. The summed E-state index contributed by atoms with van der Waals surface area (Å²) >= 11 is 0. The fourth-order valence-electron chi connectivity index (χ4n) is 2.56. The van der Waals surface area contributed by atoms with Crippen LogP contribution in [-0.4, -0.2) is 36.9 Å². The summed E-state index contributed by atoms with van der Waals surface area (Å²) in [5, 5.41) is 12.9. The predicted molar refractivity (Wildman–Crippen MR) is 79.7 cm³/mol. The van der Waals surface area contributed by atoms with Crippen LogP contribution in [0.1, 0.15) is 31.2 Å². The molecule has 5 nitrogen and oxygen atoms in total. The first kappa shape index (κ1) is 15.6. The second-order valence-electron chi connectivity index (χ2n) is 5.65. The Morgan fingerprint density at radius 3 is 2.71 bits per heavy atom. The molecule has 0 bridgehead atoms. The van der Waals surface area contributed by atoms with E-state index in [2.05, 4.69) is 5.32 Å². The first-order valence-corrected chi connectivity index (χ1v) is 7.29. The fourth-order valence-corrected chi connectivity index (χ4v) is 2.56. The van der Waals surface area contributed by atoms with Gasteiger partial charge in [0.15, 0.2) is 18.1 Å². The third kappa shape index (κ3) is 4.36. The summed E-state index contributed by atoms with van der Waals surface area (Å²) < 4.78 is 10.7. The van der Waals surface area contributed by atoms with Crippen molar-refractivity contribution < 1.29 is 19.4 Å². The minimum absolute atomic E-state index is 0.0878. The molecular weight excluding hydrogens is 270 g/mol. The highest BCUT2D eigenvalue weighted by atomic mass is 16.5. The van der Waals surface area contributed by atoms with E-state index >= 15 is 0 Å². The molecule has 0 heterocycles. The van der Waals surface area contributed by atoms with Crippen LogP contribution in [0, 0.1) is 6.92 Å². The maximum atomic E-state index is 11.8. The van der Waals surface area contributed by atoms with Gasteiger partial charge in [0.2, 0.25) is 0 Å². The lowest BCUT2D eigenvalue weighted by Crippen LogP contribution is -2.42. The number of hydrogen-bond donors (Lipinski definition) is 2. The normalized spacial score (nSPS) is 16.5. The Morgan fingerprint density at radius 1 is 1.33 bits per heavy atom. The quantitative estimate of drug-likeness (QED) is 0.839. The number of methoxy groups -OCH3 is 1. The number of rotatable bonds is 6. The number of carbonyl (C=O) groups excluding carboxylic acids is 1. The van der Waals surface area contributed by atoms with E-state index in [1.165, 1.54) is 0 Å². The highest BCUT2D eigenvalue weighted by Crippen LogP contribution is 2.29. The highest BCUT2D eigenvalue weighted by molar-refractivity contribution is 5.77. The fraction of sp³-hybridized carbons (Fsp3) is 0.562. The molecule has 2 N–H and O–H groups in total. The Hall–Kier alpha value is -1.75. The maximum Gasteiger partial charge on any atom is 0.258 e. The molecule has 1 aliphatic rings. The van der Waals surface area contributed by atoms with Crippen molar-refractivity contribution >= 4 is 5.91 Å². The third-order valence-electron chi connectivity index (χ3n) is 3.83. The van der Waals surface area contributed by atoms with Crippen molar-refractivity contribution in [1.29, 1.82) is 0 Å². The number of amides is 1. The summed E-state index contributed by atoms with van der Waals surface area (Å²) in [6.07, 6.45) is 3.53. The number of benzene rings is 1. The first-order valence-electron chi connectivity index (χ1n) is 7.29. The van der Waals surface area contributed by atoms with E-state index in [-0.39, 0.29) is 12.5 Å². The molecular formula is C16H23NO4. The topological polar surface area (TPSA) is 67.8 Å². The van der Waals surface area contributed by atoms with Crippen LogP contribution in [0.3, 0.4) is 0 Å². The lowest BCUT2D eigenvalue weighted by Gasteiger charge is -2.22. The number of aliphatic hydroxyl groups is 1. The molecule has 0 spiro atoms. The molecule has 21 heavy (non-hydrogen) atoms. The molecule has 1 fully saturated rings. The van der Waals surface area contributed by atoms with Gasteiger partial charge >= 0.3 is 0 Å². The zero-order valence-electron chi connectivity index (χ0n) is 12.6. The Morgan fingerprint density at radius 2 is 2.05 bits per heavy atom. The first-order chi connectivity index (χ1) is 10.0. The molecule has 0 saturated heterocycles. The van der Waals surface area contributed by atoms with E-state index in [1.54, 1.807) is 13.2 Å². The number of ether oxygens (including phenoxy) is 2. The van der Waals surface area contributed by atoms with E-state index in [4.69, 9.17) is 9.47 Å². The van der Waals surface area contributed by atoms with Crippen LogP contribution in [0.5, 0.6) is 11.5 Å². The lowest BCUT2D eigenvalue weighted by atomic mass is 10.0. The second kappa shape index (κ2) is 6.80. The minimum atomic E-state index is -0.739. The van der Waals surface area contributed by atoms with Gasteiger partial charge in [-0.3, -0.25) is 4.79 Å². The smallest absolute Gasteiger partial charge is 0.258 e. The van der Waals surface area contributed by atoms with E-state index in [0.29, 0.717) is 18.0 Å². The molecule has 0 unspecified atom stereocenters. The molecule has 1 amide bonds. The molecule has 116 valence electrons. The Kier molecular flexibility index (Phi) is 5.07. The average Bonchev–Trinajstić information content (AvgIpc) is 2.91. The van der Waals surface area contributed by atoms with E-state index in [9.17, 15) is 9.90 Å². The van der Waals surface area contributed by atoms with E-state index < -0.39 is 5.60 Å². The van der Waals surface area contributed by atoms with Crippen LogP contribution in [0.4, 0.5) is 0 Å². The summed E-state index contributed by atoms with van der Waals surface area (Å²) in [5.41, 5.74) is 0.323. The van der Waals surface area contributed by atoms with Crippen molar-refractivity contribution in [1.82, 2.24) is 5.32 Å². The molecule has 0 aliphatic heterocycles. The van der Waals surface area contributed by atoms with Gasteiger partial charge in [-0.1, -0.05) is 18.9 Å². The maximum absolute atomic E-state index is 11.8. The van der Waals surface area contributed by atoms with Crippen LogP contribution in [0.25, 0.3) is 0 Å². The van der Waals surface area contributed by atoms with Crippen LogP contribution in [0.2, 0.25) is 0 Å². The monoisotopic (exact) mass is 293 g/mol. The van der Waals surface area contributed by atoms with Gasteiger partial charge in [0.25, 0.3) is 5.91 Å². The largest absolute Gasteiger partial charge is 0.493 e. The molecule has 1 aliphatic carbocycles. The number of nitrogens with one attached hydrogen (secondary N) is 1. The van der Waals surface area contributed by atoms with E-state index in [0.717, 1.165) is 31.2 Å². The van der Waals surface area contributed by atoms with Gasteiger partial charge in [-0.05, 0) is 37.5 Å². The Bertz CT molecular complexity index is 495. The van der Waals surface area contributed by atoms with Crippen LogP contribution < -0.4 is 14.8 Å².